The summed E-state index contributed by atoms with van der Waals surface area (Å²) in [5.41, 5.74) is 2.42. The molecule has 0 saturated carbocycles. The molecule has 0 spiro atoms. The molecule has 1 aromatic carbocycles. The molecule has 2 rings (SSSR count). The molecule has 0 aliphatic carbocycles. The summed E-state index contributed by atoms with van der Waals surface area (Å²) in [6.07, 6.45) is -0.460. The van der Waals surface area contributed by atoms with Gasteiger partial charge < -0.3 is 19.5 Å². The van der Waals surface area contributed by atoms with Gasteiger partial charge in [0.15, 0.2) is 0 Å². The Morgan fingerprint density at radius 3 is 2.46 bits per heavy atom. The minimum absolute atomic E-state index is 0.305. The maximum atomic E-state index is 11.6. The molecule has 0 saturated heterocycles. The van der Waals surface area contributed by atoms with E-state index < -0.39 is 11.7 Å². The molecule has 0 unspecified atom stereocenters. The van der Waals surface area contributed by atoms with Crippen LogP contribution in [0.3, 0.4) is 0 Å². The van der Waals surface area contributed by atoms with Crippen molar-refractivity contribution in [3.05, 3.63) is 29.8 Å². The third kappa shape index (κ3) is 5.15. The van der Waals surface area contributed by atoms with E-state index in [2.05, 4.69) is 10.4 Å². The number of ether oxygens (including phenoxy) is 3. The van der Waals surface area contributed by atoms with Crippen LogP contribution in [-0.2, 0) is 11.8 Å². The lowest BCUT2D eigenvalue weighted by Crippen LogP contribution is -2.34. The number of aryl methyl sites for hydroxylation is 1. The fraction of sp³-hybridized carbons (Fsp3) is 0.474. The van der Waals surface area contributed by atoms with Crippen molar-refractivity contribution in [1.82, 2.24) is 15.1 Å². The zero-order chi connectivity index (χ0) is 19.3. The molecular formula is C19H27N3O4. The smallest absolute Gasteiger partial charge is 0.407 e. The Bertz CT molecular complexity index is 745. The molecule has 142 valence electrons. The predicted molar refractivity (Wildman–Crippen MR) is 99.7 cm³/mol. The average molecular weight is 361 g/mol. The third-order valence-electron chi connectivity index (χ3n) is 3.61. The molecule has 1 amide bonds. The van der Waals surface area contributed by atoms with Crippen LogP contribution in [0.5, 0.6) is 11.6 Å². The predicted octanol–water partition coefficient (Wildman–Crippen LogP) is 3.31. The number of methoxy groups -OCH3 is 1. The van der Waals surface area contributed by atoms with Gasteiger partial charge in [-0.3, -0.25) is 4.68 Å². The van der Waals surface area contributed by atoms with Gasteiger partial charge in [0.2, 0.25) is 5.88 Å². The summed E-state index contributed by atoms with van der Waals surface area (Å²) < 4.78 is 17.9. The molecule has 0 fully saturated rings. The van der Waals surface area contributed by atoms with Gasteiger partial charge in [-0.15, -0.1) is 5.10 Å². The van der Waals surface area contributed by atoms with E-state index in [-0.39, 0.29) is 0 Å². The number of rotatable bonds is 6. The average Bonchev–Trinajstić information content (AvgIpc) is 2.84. The fourth-order valence-corrected chi connectivity index (χ4v) is 2.51. The van der Waals surface area contributed by atoms with E-state index in [0.29, 0.717) is 19.0 Å². The molecule has 2 aromatic rings. The van der Waals surface area contributed by atoms with Crippen molar-refractivity contribution in [2.45, 2.75) is 33.3 Å². The highest BCUT2D eigenvalue weighted by Crippen LogP contribution is 2.30. The van der Waals surface area contributed by atoms with Gasteiger partial charge in [-0.05, 0) is 52.0 Å². The number of nitrogens with zero attached hydrogens (tertiary/aromatic N) is 2. The number of benzene rings is 1. The number of amides is 1. The minimum Gasteiger partial charge on any atom is -0.497 e. The second kappa shape index (κ2) is 8.12. The molecule has 7 heteroatoms. The molecule has 7 nitrogen and oxygen atoms in total. The van der Waals surface area contributed by atoms with Crippen molar-refractivity contribution in [1.29, 1.82) is 0 Å². The first-order chi connectivity index (χ1) is 12.2. The van der Waals surface area contributed by atoms with Crippen LogP contribution in [0.15, 0.2) is 24.3 Å². The summed E-state index contributed by atoms with van der Waals surface area (Å²) in [6, 6.07) is 7.79. The van der Waals surface area contributed by atoms with Crippen LogP contribution in [0.1, 0.15) is 26.3 Å². The van der Waals surface area contributed by atoms with E-state index in [1.165, 1.54) is 0 Å². The van der Waals surface area contributed by atoms with Crippen LogP contribution in [0.2, 0.25) is 0 Å². The summed E-state index contributed by atoms with van der Waals surface area (Å²) in [6.45, 7) is 8.06. The molecule has 1 aromatic heterocycles. The van der Waals surface area contributed by atoms with E-state index in [1.807, 2.05) is 59.0 Å². The number of carbonyl (C=O) groups is 1. The van der Waals surface area contributed by atoms with Crippen molar-refractivity contribution in [2.75, 3.05) is 20.3 Å². The lowest BCUT2D eigenvalue weighted by Gasteiger charge is -2.19. The number of hydrogen-bond acceptors (Lipinski definition) is 5. The lowest BCUT2D eigenvalue weighted by molar-refractivity contribution is 0.0519. The molecule has 0 radical (unpaired) electrons. The maximum Gasteiger partial charge on any atom is 0.407 e. The second-order valence-electron chi connectivity index (χ2n) is 6.91. The molecule has 1 heterocycles. The monoisotopic (exact) mass is 361 g/mol. The normalized spacial score (nSPS) is 11.2. The Morgan fingerprint density at radius 1 is 1.23 bits per heavy atom. The van der Waals surface area contributed by atoms with Crippen LogP contribution in [0.4, 0.5) is 4.79 Å². The topological polar surface area (TPSA) is 74.6 Å². The van der Waals surface area contributed by atoms with Crippen molar-refractivity contribution < 1.29 is 19.0 Å². The first kappa shape index (κ1) is 19.6. The number of hydrogen-bond donors (Lipinski definition) is 1. The Labute approximate surface area is 154 Å². The molecular weight excluding hydrogens is 334 g/mol. The first-order valence-electron chi connectivity index (χ1n) is 8.49. The molecule has 1 N–H and O–H groups in total. The quantitative estimate of drug-likeness (QED) is 0.799. The maximum absolute atomic E-state index is 11.6. The Balaban J connectivity index is 1.96. The number of alkyl carbamates (subject to hydrolysis) is 1. The molecule has 26 heavy (non-hydrogen) atoms. The van der Waals surface area contributed by atoms with Gasteiger partial charge in [0.05, 0.1) is 19.3 Å². The highest BCUT2D eigenvalue weighted by Gasteiger charge is 2.17. The first-order valence-corrected chi connectivity index (χ1v) is 8.49. The standard InChI is InChI=1S/C19H27N3O4/c1-13-16(14-7-9-15(24-6)10-8-14)22(5)21-17(13)25-12-11-20-18(23)26-19(2,3)4/h7-10H,11-12H2,1-6H3,(H,20,23). The number of nitrogens with one attached hydrogen (secondary N) is 1. The van der Waals surface area contributed by atoms with Crippen LogP contribution in [0, 0.1) is 6.92 Å². The van der Waals surface area contributed by atoms with Crippen molar-refractivity contribution in [3.63, 3.8) is 0 Å². The van der Waals surface area contributed by atoms with E-state index in [4.69, 9.17) is 14.2 Å². The van der Waals surface area contributed by atoms with Gasteiger partial charge in [0.25, 0.3) is 0 Å². The largest absolute Gasteiger partial charge is 0.497 e. The van der Waals surface area contributed by atoms with E-state index in [1.54, 1.807) is 11.8 Å². The summed E-state index contributed by atoms with van der Waals surface area (Å²) in [5.74, 6) is 1.35. The van der Waals surface area contributed by atoms with Crippen LogP contribution in [0.25, 0.3) is 11.3 Å². The Hall–Kier alpha value is -2.70. The number of carbonyl (C=O) groups excluding carboxylic acids is 1. The summed E-state index contributed by atoms with van der Waals surface area (Å²) in [7, 11) is 3.51. The van der Waals surface area contributed by atoms with Gasteiger partial charge in [0.1, 0.15) is 18.0 Å². The molecule has 0 atom stereocenters. The zero-order valence-electron chi connectivity index (χ0n) is 16.3. The SMILES string of the molecule is COc1ccc(-c2c(C)c(OCCNC(=O)OC(C)(C)C)nn2C)cc1. The number of aromatic nitrogens is 2. The minimum atomic E-state index is -0.518. The zero-order valence-corrected chi connectivity index (χ0v) is 16.3. The highest BCUT2D eigenvalue weighted by molar-refractivity contribution is 5.67. The van der Waals surface area contributed by atoms with Gasteiger partial charge in [-0.25, -0.2) is 4.79 Å². The van der Waals surface area contributed by atoms with Gasteiger partial charge in [-0.1, -0.05) is 0 Å². The van der Waals surface area contributed by atoms with Gasteiger partial charge in [-0.2, -0.15) is 0 Å². The third-order valence-corrected chi connectivity index (χ3v) is 3.61. The van der Waals surface area contributed by atoms with Gasteiger partial charge in [0, 0.05) is 18.2 Å². The van der Waals surface area contributed by atoms with Crippen LogP contribution in [-0.4, -0.2) is 41.7 Å². The van der Waals surface area contributed by atoms with E-state index in [0.717, 1.165) is 22.6 Å². The fourth-order valence-electron chi connectivity index (χ4n) is 2.51. The van der Waals surface area contributed by atoms with E-state index in [9.17, 15) is 4.79 Å². The second-order valence-corrected chi connectivity index (χ2v) is 6.91. The van der Waals surface area contributed by atoms with Crippen molar-refractivity contribution in [2.24, 2.45) is 7.05 Å². The van der Waals surface area contributed by atoms with Crippen LogP contribution < -0.4 is 14.8 Å². The van der Waals surface area contributed by atoms with Crippen LogP contribution >= 0.6 is 0 Å². The van der Waals surface area contributed by atoms with Crippen molar-refractivity contribution in [3.8, 4) is 22.9 Å². The van der Waals surface area contributed by atoms with Crippen molar-refractivity contribution >= 4 is 6.09 Å². The summed E-state index contributed by atoms with van der Waals surface area (Å²) in [5, 5.41) is 7.08. The molecule has 0 bridgehead atoms. The Morgan fingerprint density at radius 2 is 1.88 bits per heavy atom. The highest BCUT2D eigenvalue weighted by atomic mass is 16.6. The molecule has 0 aliphatic rings. The molecule has 0 aliphatic heterocycles. The summed E-state index contributed by atoms with van der Waals surface area (Å²) in [4.78, 5) is 11.6. The van der Waals surface area contributed by atoms with Gasteiger partial charge >= 0.3 is 6.09 Å². The Kier molecular flexibility index (Phi) is 6.13. The van der Waals surface area contributed by atoms with E-state index >= 15 is 0 Å². The summed E-state index contributed by atoms with van der Waals surface area (Å²) >= 11 is 0. The lowest BCUT2D eigenvalue weighted by atomic mass is 10.1.